The predicted molar refractivity (Wildman–Crippen MR) is 119 cm³/mol. The first kappa shape index (κ1) is 31.2. The molecule has 8 nitrogen and oxygen atoms in total. The van der Waals surface area contributed by atoms with Crippen LogP contribution in [0.5, 0.6) is 0 Å². The third kappa shape index (κ3) is 7.63. The summed E-state index contributed by atoms with van der Waals surface area (Å²) in [4.78, 5) is 25.9. The fourth-order valence-electron chi connectivity index (χ4n) is 4.04. The van der Waals surface area contributed by atoms with Crippen molar-refractivity contribution in [1.29, 1.82) is 0 Å². The van der Waals surface area contributed by atoms with Gasteiger partial charge in [0.15, 0.2) is 0 Å². The van der Waals surface area contributed by atoms with Gasteiger partial charge in [0, 0.05) is 24.2 Å². The minimum atomic E-state index is -5.27. The molecule has 0 saturated carbocycles. The number of benzene rings is 2. The molecule has 2 aromatic rings. The normalized spacial score (nSPS) is 16.1. The molecule has 1 aliphatic rings. The van der Waals surface area contributed by atoms with Gasteiger partial charge in [0.2, 0.25) is 5.91 Å². The molecule has 2 aromatic carbocycles. The summed E-state index contributed by atoms with van der Waals surface area (Å²) in [5.74, 6) is -3.40. The fourth-order valence-corrected chi connectivity index (χ4v) is 4.97. The van der Waals surface area contributed by atoms with Gasteiger partial charge in [-0.15, -0.1) is 4.83 Å². The van der Waals surface area contributed by atoms with Crippen molar-refractivity contribution in [3.8, 4) is 0 Å². The summed E-state index contributed by atoms with van der Waals surface area (Å²) in [5, 5.41) is 1.01. The lowest BCUT2D eigenvalue weighted by atomic mass is 9.85. The Labute approximate surface area is 220 Å². The molecule has 220 valence electrons. The topological polar surface area (TPSA) is 122 Å². The minimum absolute atomic E-state index is 0.00292. The molecule has 2 amide bonds. The maximum atomic E-state index is 13.2. The van der Waals surface area contributed by atoms with E-state index in [1.165, 1.54) is 4.72 Å². The number of hydrogen-bond donors (Lipinski definition) is 3. The molecule has 0 radical (unpaired) electrons. The number of hydrazine groups is 1. The smallest absolute Gasteiger partial charge is 0.366 e. The molecule has 1 fully saturated rings. The van der Waals surface area contributed by atoms with Gasteiger partial charge in [-0.3, -0.25) is 9.59 Å². The summed E-state index contributed by atoms with van der Waals surface area (Å²) in [6.45, 7) is -0.314. The number of rotatable bonds is 6. The van der Waals surface area contributed by atoms with Gasteiger partial charge < -0.3 is 5.73 Å². The van der Waals surface area contributed by atoms with Crippen molar-refractivity contribution in [3.63, 3.8) is 0 Å². The Kier molecular flexibility index (Phi) is 8.48. The van der Waals surface area contributed by atoms with Crippen molar-refractivity contribution >= 4 is 22.0 Å². The van der Waals surface area contributed by atoms with E-state index in [9.17, 15) is 57.5 Å². The first-order chi connectivity index (χ1) is 18.2. The van der Waals surface area contributed by atoms with Crippen LogP contribution in [0, 0.1) is 0 Å². The number of amides is 2. The van der Waals surface area contributed by atoms with Crippen LogP contribution >= 0.6 is 0 Å². The lowest BCUT2D eigenvalue weighted by Gasteiger charge is -2.32. The Bertz CT molecular complexity index is 1370. The Morgan fingerprint density at radius 2 is 1.30 bits per heavy atom. The van der Waals surface area contributed by atoms with Crippen LogP contribution in [0.15, 0.2) is 36.4 Å². The maximum absolute atomic E-state index is 13.2. The number of alkyl halides is 9. The van der Waals surface area contributed by atoms with E-state index in [2.05, 4.69) is 0 Å². The first-order valence-corrected chi connectivity index (χ1v) is 12.6. The minimum Gasteiger partial charge on any atom is -0.366 e. The van der Waals surface area contributed by atoms with Gasteiger partial charge >= 0.3 is 28.7 Å². The number of piperidine rings is 1. The summed E-state index contributed by atoms with van der Waals surface area (Å²) < 4.78 is 144. The molecule has 3 rings (SSSR count). The number of primary amides is 1. The van der Waals surface area contributed by atoms with Crippen molar-refractivity contribution in [1.82, 2.24) is 14.6 Å². The highest BCUT2D eigenvalue weighted by atomic mass is 32.2. The van der Waals surface area contributed by atoms with E-state index in [4.69, 9.17) is 5.73 Å². The third-order valence-corrected chi connectivity index (χ3v) is 6.86. The molecule has 0 unspecified atom stereocenters. The van der Waals surface area contributed by atoms with Crippen molar-refractivity contribution in [3.05, 3.63) is 69.8 Å². The predicted octanol–water partition coefficient (Wildman–Crippen LogP) is 4.20. The average Bonchev–Trinajstić information content (AvgIpc) is 2.81. The molecule has 0 aliphatic carbocycles. The van der Waals surface area contributed by atoms with Crippen molar-refractivity contribution in [2.45, 2.75) is 37.3 Å². The molecule has 40 heavy (non-hydrogen) atoms. The van der Waals surface area contributed by atoms with E-state index in [1.54, 1.807) is 0 Å². The number of nitrogens with one attached hydrogen (secondary N) is 2. The van der Waals surface area contributed by atoms with Gasteiger partial charge in [-0.1, -0.05) is 0 Å². The molecule has 4 N–H and O–H groups in total. The molecular weight excluding hydrogens is 587 g/mol. The fraction of sp³-hybridized carbons (Fsp3) is 0.364. The molecule has 1 saturated heterocycles. The number of carbonyl (C=O) groups is 2. The monoisotopic (exact) mass is 606 g/mol. The van der Waals surface area contributed by atoms with Crippen LogP contribution in [0.3, 0.4) is 0 Å². The van der Waals surface area contributed by atoms with Crippen LogP contribution in [0.4, 0.5) is 39.5 Å². The van der Waals surface area contributed by atoms with E-state index in [1.807, 2.05) is 4.83 Å². The summed E-state index contributed by atoms with van der Waals surface area (Å²) in [6, 6.07) is 2.27. The van der Waals surface area contributed by atoms with Crippen molar-refractivity contribution in [2.75, 3.05) is 13.1 Å². The first-order valence-electron chi connectivity index (χ1n) is 11.1. The summed E-state index contributed by atoms with van der Waals surface area (Å²) in [5.41, 5.74) is -0.798. The van der Waals surface area contributed by atoms with Gasteiger partial charge in [0.1, 0.15) is 0 Å². The maximum Gasteiger partial charge on any atom is 0.416 e. The number of nitrogens with zero attached hydrogens (tertiary/aromatic N) is 1. The summed E-state index contributed by atoms with van der Waals surface area (Å²) in [6.07, 6.45) is -15.2. The SMILES string of the molecule is NC(=O)c1ccc(C(F)(F)F)cc1C1CCN(NS(=O)(=O)NC(=O)c2cc(C(F)(F)F)cc(C(F)(F)F)c2)CC1. The second-order valence-electron chi connectivity index (χ2n) is 8.75. The Balaban J connectivity index is 1.73. The second-order valence-corrected chi connectivity index (χ2v) is 10.1. The van der Waals surface area contributed by atoms with Gasteiger partial charge in [-0.2, -0.15) is 47.9 Å². The van der Waals surface area contributed by atoms with E-state index in [-0.39, 0.29) is 55.3 Å². The summed E-state index contributed by atoms with van der Waals surface area (Å²) >= 11 is 0. The summed E-state index contributed by atoms with van der Waals surface area (Å²) in [7, 11) is -4.86. The van der Waals surface area contributed by atoms with Crippen LogP contribution in [-0.2, 0) is 28.7 Å². The molecule has 0 spiro atoms. The van der Waals surface area contributed by atoms with Crippen molar-refractivity contribution in [2.24, 2.45) is 5.73 Å². The second kappa shape index (κ2) is 10.9. The van der Waals surface area contributed by atoms with Crippen molar-refractivity contribution < 1.29 is 57.5 Å². The van der Waals surface area contributed by atoms with Gasteiger partial charge in [-0.25, -0.2) is 9.73 Å². The van der Waals surface area contributed by atoms with E-state index in [0.29, 0.717) is 6.07 Å². The largest absolute Gasteiger partial charge is 0.416 e. The van der Waals surface area contributed by atoms with E-state index in [0.717, 1.165) is 17.1 Å². The lowest BCUT2D eigenvalue weighted by molar-refractivity contribution is -0.143. The zero-order chi connectivity index (χ0) is 30.3. The van der Waals surface area contributed by atoms with E-state index >= 15 is 0 Å². The standard InChI is InChI=1S/C22H19F9N4O4S/c23-20(24,25)13-1-2-16(18(32)36)17(10-13)11-3-5-35(6-4-11)34-40(38,39)33-19(37)12-7-14(21(26,27)28)9-15(8-12)22(29,30)31/h1-2,7-11,34H,3-6H2,(H2,32,36)(H,33,37). The Hall–Kier alpha value is -3.38. The van der Waals surface area contributed by atoms with Gasteiger partial charge in [0.05, 0.1) is 16.7 Å². The van der Waals surface area contributed by atoms with Gasteiger partial charge in [-0.05, 0) is 60.7 Å². The zero-order valence-electron chi connectivity index (χ0n) is 19.8. The zero-order valence-corrected chi connectivity index (χ0v) is 20.7. The number of nitrogens with two attached hydrogens (primary N) is 1. The van der Waals surface area contributed by atoms with Gasteiger partial charge in [0.25, 0.3) is 5.91 Å². The highest BCUT2D eigenvalue weighted by Gasteiger charge is 2.38. The van der Waals surface area contributed by atoms with Crippen LogP contribution in [0.1, 0.15) is 61.7 Å². The highest BCUT2D eigenvalue weighted by molar-refractivity contribution is 7.88. The van der Waals surface area contributed by atoms with Crippen LogP contribution in [0.25, 0.3) is 0 Å². The van der Waals surface area contributed by atoms with Crippen LogP contribution < -0.4 is 15.3 Å². The molecule has 0 aromatic heterocycles. The molecule has 1 aliphatic heterocycles. The van der Waals surface area contributed by atoms with E-state index < -0.39 is 68.7 Å². The lowest BCUT2D eigenvalue weighted by Crippen LogP contribution is -2.51. The molecule has 0 atom stereocenters. The Morgan fingerprint density at radius 1 is 0.800 bits per heavy atom. The van der Waals surface area contributed by atoms with Crippen LogP contribution in [-0.4, -0.2) is 38.3 Å². The number of carbonyl (C=O) groups excluding carboxylic acids is 2. The molecule has 1 heterocycles. The Morgan fingerprint density at radius 3 is 1.75 bits per heavy atom. The third-order valence-electron chi connectivity index (χ3n) is 5.91. The quantitative estimate of drug-likeness (QED) is 0.426. The molecular formula is C22H19F9N4O4S. The molecule has 18 heteroatoms. The number of halogens is 9. The number of hydrogen-bond acceptors (Lipinski definition) is 5. The average molecular weight is 606 g/mol. The van der Waals surface area contributed by atoms with Crippen LogP contribution in [0.2, 0.25) is 0 Å². The molecule has 0 bridgehead atoms. The highest BCUT2D eigenvalue weighted by Crippen LogP contribution is 2.37.